The summed E-state index contributed by atoms with van der Waals surface area (Å²) in [6.45, 7) is 3.62. The smallest absolute Gasteiger partial charge is 0.246 e. The number of aryl methyl sites for hydroxylation is 1. The standard InChI is InChI=1S/C21H28FN5O3S/c1-24-16-19(13-23-24)31(29,30)27-8-4-6-18(15-27)21(28)26-11-9-25(10-12-26)14-17-5-2-3-7-20(17)22/h2-3,5,7,13,16,18H,4,6,8-12,14-15H2,1H3/t18-/m1/s1. The highest BCUT2D eigenvalue weighted by Gasteiger charge is 2.36. The number of piperidine rings is 1. The van der Waals surface area contributed by atoms with Crippen LogP contribution in [0.3, 0.4) is 0 Å². The number of sulfonamides is 1. The van der Waals surface area contributed by atoms with E-state index in [2.05, 4.69) is 10.00 Å². The Labute approximate surface area is 182 Å². The molecule has 0 saturated carbocycles. The summed E-state index contributed by atoms with van der Waals surface area (Å²) >= 11 is 0. The second kappa shape index (κ2) is 9.05. The van der Waals surface area contributed by atoms with E-state index in [0.717, 1.165) is 0 Å². The third kappa shape index (κ3) is 4.81. The Morgan fingerprint density at radius 1 is 1.16 bits per heavy atom. The number of hydrogen-bond acceptors (Lipinski definition) is 5. The molecule has 2 aliphatic heterocycles. The van der Waals surface area contributed by atoms with Crippen LogP contribution in [-0.2, 0) is 28.4 Å². The highest BCUT2D eigenvalue weighted by Crippen LogP contribution is 2.25. The zero-order chi connectivity index (χ0) is 22.0. The first kappa shape index (κ1) is 21.9. The average molecular weight is 450 g/mol. The molecule has 3 heterocycles. The van der Waals surface area contributed by atoms with Crippen molar-refractivity contribution in [2.75, 3.05) is 39.3 Å². The van der Waals surface area contributed by atoms with Crippen LogP contribution in [0.1, 0.15) is 18.4 Å². The van der Waals surface area contributed by atoms with Gasteiger partial charge in [0.25, 0.3) is 0 Å². The number of carbonyl (C=O) groups excluding carboxylic acids is 1. The predicted octanol–water partition coefficient (Wildman–Crippen LogP) is 1.30. The molecule has 4 rings (SSSR count). The summed E-state index contributed by atoms with van der Waals surface area (Å²) in [5.74, 6) is -0.534. The first-order valence-corrected chi connectivity index (χ1v) is 12.0. The maximum Gasteiger partial charge on any atom is 0.246 e. The van der Waals surface area contributed by atoms with Gasteiger partial charge in [-0.25, -0.2) is 12.8 Å². The van der Waals surface area contributed by atoms with Crippen molar-refractivity contribution in [3.8, 4) is 0 Å². The highest BCUT2D eigenvalue weighted by atomic mass is 32.2. The van der Waals surface area contributed by atoms with Crippen molar-refractivity contribution in [3.63, 3.8) is 0 Å². The Morgan fingerprint density at radius 2 is 1.90 bits per heavy atom. The third-order valence-corrected chi connectivity index (χ3v) is 7.91. The van der Waals surface area contributed by atoms with E-state index in [1.807, 2.05) is 11.0 Å². The number of amides is 1. The van der Waals surface area contributed by atoms with Crippen LogP contribution in [0.15, 0.2) is 41.6 Å². The van der Waals surface area contributed by atoms with E-state index < -0.39 is 10.0 Å². The quantitative estimate of drug-likeness (QED) is 0.688. The highest BCUT2D eigenvalue weighted by molar-refractivity contribution is 7.89. The van der Waals surface area contributed by atoms with E-state index in [9.17, 15) is 17.6 Å². The van der Waals surface area contributed by atoms with Crippen molar-refractivity contribution in [3.05, 3.63) is 48.0 Å². The van der Waals surface area contributed by atoms with Crippen molar-refractivity contribution >= 4 is 15.9 Å². The van der Waals surface area contributed by atoms with Gasteiger partial charge in [-0.1, -0.05) is 18.2 Å². The minimum Gasteiger partial charge on any atom is -0.340 e. The van der Waals surface area contributed by atoms with Crippen LogP contribution < -0.4 is 0 Å². The molecule has 0 bridgehead atoms. The van der Waals surface area contributed by atoms with Crippen LogP contribution in [0.5, 0.6) is 0 Å². The van der Waals surface area contributed by atoms with Gasteiger partial charge in [-0.2, -0.15) is 9.40 Å². The Morgan fingerprint density at radius 3 is 2.58 bits per heavy atom. The lowest BCUT2D eigenvalue weighted by molar-refractivity contribution is -0.138. The molecule has 10 heteroatoms. The second-order valence-corrected chi connectivity index (χ2v) is 10.2. The normalized spacial score (nSPS) is 21.4. The van der Waals surface area contributed by atoms with Crippen LogP contribution in [0.4, 0.5) is 4.39 Å². The fourth-order valence-electron chi connectivity index (χ4n) is 4.30. The number of aromatic nitrogens is 2. The number of piperazine rings is 1. The van der Waals surface area contributed by atoms with Crippen LogP contribution in [0.25, 0.3) is 0 Å². The van der Waals surface area contributed by atoms with E-state index in [4.69, 9.17) is 0 Å². The molecule has 2 aromatic rings. The Hall–Kier alpha value is -2.30. The molecular weight excluding hydrogens is 421 g/mol. The van der Waals surface area contributed by atoms with Crippen molar-refractivity contribution in [1.29, 1.82) is 0 Å². The summed E-state index contributed by atoms with van der Waals surface area (Å²) in [5.41, 5.74) is 0.658. The summed E-state index contributed by atoms with van der Waals surface area (Å²) < 4.78 is 42.6. The molecule has 1 amide bonds. The van der Waals surface area contributed by atoms with Gasteiger partial charge in [0.1, 0.15) is 10.7 Å². The number of carbonyl (C=O) groups is 1. The van der Waals surface area contributed by atoms with Gasteiger partial charge in [0.15, 0.2) is 0 Å². The van der Waals surface area contributed by atoms with Gasteiger partial charge in [0.2, 0.25) is 15.9 Å². The summed E-state index contributed by atoms with van der Waals surface area (Å²) in [6, 6.07) is 6.75. The van der Waals surface area contributed by atoms with Gasteiger partial charge in [0.05, 0.1) is 12.1 Å². The molecule has 31 heavy (non-hydrogen) atoms. The number of benzene rings is 1. The number of nitrogens with zero attached hydrogens (tertiary/aromatic N) is 5. The molecule has 2 aliphatic rings. The number of hydrogen-bond donors (Lipinski definition) is 0. The van der Waals surface area contributed by atoms with Crippen molar-refractivity contribution in [1.82, 2.24) is 23.9 Å². The molecule has 168 valence electrons. The Bertz CT molecular complexity index is 1030. The molecule has 2 saturated heterocycles. The lowest BCUT2D eigenvalue weighted by Crippen LogP contribution is -2.52. The van der Waals surface area contributed by atoms with E-state index >= 15 is 0 Å². The van der Waals surface area contributed by atoms with Crippen LogP contribution in [-0.4, -0.2) is 77.5 Å². The van der Waals surface area contributed by atoms with Gasteiger partial charge in [-0.3, -0.25) is 14.4 Å². The molecular formula is C21H28FN5O3S. The lowest BCUT2D eigenvalue weighted by Gasteiger charge is -2.38. The monoisotopic (exact) mass is 449 g/mol. The van der Waals surface area contributed by atoms with Crippen LogP contribution in [0, 0.1) is 11.7 Å². The summed E-state index contributed by atoms with van der Waals surface area (Å²) in [6.07, 6.45) is 4.17. The molecule has 0 N–H and O–H groups in total. The van der Waals surface area contributed by atoms with Gasteiger partial charge >= 0.3 is 0 Å². The number of rotatable bonds is 5. The van der Waals surface area contributed by atoms with E-state index in [-0.39, 0.29) is 29.1 Å². The van der Waals surface area contributed by atoms with Gasteiger partial charge in [-0.15, -0.1) is 0 Å². The molecule has 1 aromatic heterocycles. The van der Waals surface area contributed by atoms with Crippen molar-refractivity contribution < 1.29 is 17.6 Å². The predicted molar refractivity (Wildman–Crippen MR) is 113 cm³/mol. The van der Waals surface area contributed by atoms with Crippen molar-refractivity contribution in [2.45, 2.75) is 24.3 Å². The fraction of sp³-hybridized carbons (Fsp3) is 0.524. The van der Waals surface area contributed by atoms with Gasteiger partial charge in [0, 0.05) is 64.6 Å². The SMILES string of the molecule is Cn1cc(S(=O)(=O)N2CCC[C@@H](C(=O)N3CCN(Cc4ccccc4F)CC3)C2)cn1. The van der Waals surface area contributed by atoms with Gasteiger partial charge in [-0.05, 0) is 18.9 Å². The zero-order valence-electron chi connectivity index (χ0n) is 17.7. The third-order valence-electron chi connectivity index (χ3n) is 6.09. The molecule has 0 unspecified atom stereocenters. The van der Waals surface area contributed by atoms with E-state index in [0.29, 0.717) is 57.7 Å². The Balaban J connectivity index is 1.34. The fourth-order valence-corrected chi connectivity index (χ4v) is 5.81. The topological polar surface area (TPSA) is 78.8 Å². The molecule has 2 fully saturated rings. The maximum absolute atomic E-state index is 13.9. The lowest BCUT2D eigenvalue weighted by atomic mass is 9.97. The summed E-state index contributed by atoms with van der Waals surface area (Å²) in [7, 11) is -1.98. The number of halogens is 1. The Kier molecular flexibility index (Phi) is 6.40. The van der Waals surface area contributed by atoms with Crippen LogP contribution in [0.2, 0.25) is 0 Å². The molecule has 0 aliphatic carbocycles. The van der Waals surface area contributed by atoms with E-state index in [1.165, 1.54) is 27.4 Å². The second-order valence-electron chi connectivity index (χ2n) is 8.24. The van der Waals surface area contributed by atoms with E-state index in [1.54, 1.807) is 19.2 Å². The first-order chi connectivity index (χ1) is 14.8. The summed E-state index contributed by atoms with van der Waals surface area (Å²) in [5, 5.41) is 3.96. The van der Waals surface area contributed by atoms with Gasteiger partial charge < -0.3 is 4.90 Å². The molecule has 1 atom stereocenters. The minimum atomic E-state index is -3.65. The molecule has 8 nitrogen and oxygen atoms in total. The zero-order valence-corrected chi connectivity index (χ0v) is 18.5. The molecule has 0 radical (unpaired) electrons. The molecule has 1 aromatic carbocycles. The average Bonchev–Trinajstić information content (AvgIpc) is 3.23. The maximum atomic E-state index is 13.9. The van der Waals surface area contributed by atoms with Crippen molar-refractivity contribution in [2.24, 2.45) is 13.0 Å². The minimum absolute atomic E-state index is 0.0108. The van der Waals surface area contributed by atoms with Crippen LogP contribution >= 0.6 is 0 Å². The first-order valence-electron chi connectivity index (χ1n) is 10.6. The molecule has 0 spiro atoms. The summed E-state index contributed by atoms with van der Waals surface area (Å²) in [4.78, 5) is 17.2. The largest absolute Gasteiger partial charge is 0.340 e.